The Bertz CT molecular complexity index is 713. The quantitative estimate of drug-likeness (QED) is 0.864. The minimum absolute atomic E-state index is 0.0177. The first-order chi connectivity index (χ1) is 12.0. The molecule has 0 aromatic heterocycles. The Labute approximate surface area is 147 Å². The van der Waals surface area contributed by atoms with E-state index in [1.54, 1.807) is 13.0 Å². The van der Waals surface area contributed by atoms with Crippen molar-refractivity contribution in [2.24, 2.45) is 0 Å². The number of hydrogen-bond donors (Lipinski definition) is 2. The molecule has 1 saturated heterocycles. The molecule has 1 aromatic rings. The molecule has 134 valence electrons. The number of nitrogens with one attached hydrogen (secondary N) is 2. The molecule has 2 heterocycles. The molecule has 25 heavy (non-hydrogen) atoms. The number of benzene rings is 1. The second-order valence-electron chi connectivity index (χ2n) is 7.64. The molecule has 2 aliphatic heterocycles. The minimum atomic E-state index is -0.565. The number of amides is 2. The van der Waals surface area contributed by atoms with Crippen molar-refractivity contribution < 1.29 is 14.0 Å². The highest BCUT2D eigenvalue weighted by Gasteiger charge is 2.49. The Morgan fingerprint density at radius 2 is 2.08 bits per heavy atom. The molecule has 0 radical (unpaired) electrons. The fourth-order valence-corrected chi connectivity index (χ4v) is 4.87. The zero-order valence-electron chi connectivity index (χ0n) is 14.5. The first-order valence-corrected chi connectivity index (χ1v) is 9.10. The zero-order valence-corrected chi connectivity index (χ0v) is 14.5. The lowest BCUT2D eigenvalue weighted by molar-refractivity contribution is -0.122. The number of fused-ring (bicyclic) bond motifs is 2. The number of carbonyl (C=O) groups excluding carboxylic acids is 2. The van der Waals surface area contributed by atoms with Gasteiger partial charge in [0, 0.05) is 37.8 Å². The molecule has 1 saturated carbocycles. The number of hydrogen-bond acceptors (Lipinski definition) is 3. The van der Waals surface area contributed by atoms with Gasteiger partial charge >= 0.3 is 0 Å². The van der Waals surface area contributed by atoms with Gasteiger partial charge in [-0.2, -0.15) is 0 Å². The molecule has 1 atom stereocenters. The van der Waals surface area contributed by atoms with E-state index in [0.29, 0.717) is 6.04 Å². The van der Waals surface area contributed by atoms with Crippen molar-refractivity contribution in [3.05, 3.63) is 29.6 Å². The maximum Gasteiger partial charge on any atom is 0.235 e. The number of likely N-dealkylation sites (tertiary alicyclic amines) is 1. The normalized spacial score (nSPS) is 31.8. The molecule has 1 aliphatic carbocycles. The molecule has 0 bridgehead atoms. The van der Waals surface area contributed by atoms with Gasteiger partial charge in [-0.3, -0.25) is 14.5 Å². The van der Waals surface area contributed by atoms with E-state index >= 15 is 0 Å². The average molecular weight is 345 g/mol. The molecule has 3 aliphatic rings. The van der Waals surface area contributed by atoms with E-state index in [9.17, 15) is 14.0 Å². The number of anilines is 1. The first-order valence-electron chi connectivity index (χ1n) is 9.10. The summed E-state index contributed by atoms with van der Waals surface area (Å²) in [6.07, 6.45) is 4.34. The van der Waals surface area contributed by atoms with Crippen LogP contribution in [0.25, 0.3) is 0 Å². The lowest BCUT2D eigenvalue weighted by Gasteiger charge is -2.39. The Morgan fingerprint density at radius 3 is 2.80 bits per heavy atom. The van der Waals surface area contributed by atoms with Crippen LogP contribution in [-0.2, 0) is 15.0 Å². The van der Waals surface area contributed by atoms with E-state index in [4.69, 9.17) is 0 Å². The Balaban J connectivity index is 1.45. The third-order valence-electron chi connectivity index (χ3n) is 6.13. The van der Waals surface area contributed by atoms with Crippen LogP contribution in [0.3, 0.4) is 0 Å². The lowest BCUT2D eigenvalue weighted by atomic mass is 9.68. The SMILES string of the molecule is CC(=O)N[C@H]1CCN(C2CCC3(CC2)C(=O)Nc2ccc(F)cc23)C1. The maximum atomic E-state index is 13.7. The summed E-state index contributed by atoms with van der Waals surface area (Å²) in [4.78, 5) is 26.3. The van der Waals surface area contributed by atoms with Gasteiger partial charge in [0.05, 0.1) is 5.41 Å². The number of rotatable bonds is 2. The summed E-state index contributed by atoms with van der Waals surface area (Å²) in [6.45, 7) is 3.43. The van der Waals surface area contributed by atoms with Crippen molar-refractivity contribution in [2.75, 3.05) is 18.4 Å². The first kappa shape index (κ1) is 16.5. The molecule has 4 rings (SSSR count). The molecule has 2 N–H and O–H groups in total. The van der Waals surface area contributed by atoms with E-state index in [-0.39, 0.29) is 23.7 Å². The average Bonchev–Trinajstić information content (AvgIpc) is 3.13. The standard InChI is InChI=1S/C19H24FN3O2/c1-12(24)21-14-6-9-23(11-14)15-4-7-19(8-5-15)16-10-13(20)2-3-17(16)22-18(19)25/h2-3,10,14-15H,4-9,11H2,1H3,(H,21,24)(H,22,25)/t14-,15?,19?/m0/s1. The van der Waals surface area contributed by atoms with Crippen LogP contribution < -0.4 is 10.6 Å². The highest BCUT2D eigenvalue weighted by atomic mass is 19.1. The van der Waals surface area contributed by atoms with E-state index in [0.717, 1.165) is 56.4 Å². The van der Waals surface area contributed by atoms with Crippen molar-refractivity contribution in [3.8, 4) is 0 Å². The Morgan fingerprint density at radius 1 is 1.32 bits per heavy atom. The van der Waals surface area contributed by atoms with Gasteiger partial charge in [-0.1, -0.05) is 0 Å². The number of halogens is 1. The summed E-state index contributed by atoms with van der Waals surface area (Å²) >= 11 is 0. The molecule has 5 nitrogen and oxygen atoms in total. The van der Waals surface area contributed by atoms with Gasteiger partial charge in [0.2, 0.25) is 11.8 Å². The van der Waals surface area contributed by atoms with E-state index in [1.807, 2.05) is 0 Å². The highest BCUT2D eigenvalue weighted by molar-refractivity contribution is 6.06. The smallest absolute Gasteiger partial charge is 0.235 e. The van der Waals surface area contributed by atoms with Gasteiger partial charge < -0.3 is 10.6 Å². The topological polar surface area (TPSA) is 61.4 Å². The molecule has 1 spiro atoms. The van der Waals surface area contributed by atoms with Gasteiger partial charge in [-0.25, -0.2) is 4.39 Å². The van der Waals surface area contributed by atoms with Gasteiger partial charge in [0.25, 0.3) is 0 Å². The summed E-state index contributed by atoms with van der Waals surface area (Å²) < 4.78 is 13.7. The largest absolute Gasteiger partial charge is 0.352 e. The monoisotopic (exact) mass is 345 g/mol. The zero-order chi connectivity index (χ0) is 17.6. The van der Waals surface area contributed by atoms with Crippen molar-refractivity contribution in [1.29, 1.82) is 0 Å². The number of nitrogens with zero attached hydrogens (tertiary/aromatic N) is 1. The third-order valence-corrected chi connectivity index (χ3v) is 6.13. The third kappa shape index (κ3) is 2.82. The molecule has 1 aromatic carbocycles. The molecule has 2 amide bonds. The molecule has 2 fully saturated rings. The van der Waals surface area contributed by atoms with E-state index in [1.165, 1.54) is 12.1 Å². The van der Waals surface area contributed by atoms with Crippen molar-refractivity contribution in [2.45, 2.75) is 56.5 Å². The second-order valence-corrected chi connectivity index (χ2v) is 7.64. The fourth-order valence-electron chi connectivity index (χ4n) is 4.87. The second kappa shape index (κ2) is 6.09. The van der Waals surface area contributed by atoms with E-state index in [2.05, 4.69) is 15.5 Å². The van der Waals surface area contributed by atoms with Crippen LogP contribution in [0.5, 0.6) is 0 Å². The molecular formula is C19H24FN3O2. The van der Waals surface area contributed by atoms with Crippen LogP contribution in [0.4, 0.5) is 10.1 Å². The van der Waals surface area contributed by atoms with Gasteiger partial charge in [-0.05, 0) is 55.9 Å². The van der Waals surface area contributed by atoms with Gasteiger partial charge in [0.15, 0.2) is 0 Å². The van der Waals surface area contributed by atoms with E-state index < -0.39 is 5.41 Å². The summed E-state index contributed by atoms with van der Waals surface area (Å²) in [5.41, 5.74) is 1.02. The Kier molecular flexibility index (Phi) is 4.02. The predicted molar refractivity (Wildman–Crippen MR) is 92.8 cm³/mol. The van der Waals surface area contributed by atoms with Crippen molar-refractivity contribution in [1.82, 2.24) is 10.2 Å². The van der Waals surface area contributed by atoms with Crippen LogP contribution in [0.2, 0.25) is 0 Å². The molecule has 6 heteroatoms. The molecular weight excluding hydrogens is 321 g/mol. The Hall–Kier alpha value is -1.95. The summed E-state index contributed by atoms with van der Waals surface area (Å²) in [5.74, 6) is -0.241. The lowest BCUT2D eigenvalue weighted by Crippen LogP contribution is -2.45. The fraction of sp³-hybridized carbons (Fsp3) is 0.579. The number of carbonyl (C=O) groups is 2. The van der Waals surface area contributed by atoms with Gasteiger partial charge in [-0.15, -0.1) is 0 Å². The maximum absolute atomic E-state index is 13.7. The van der Waals surface area contributed by atoms with Crippen LogP contribution in [-0.4, -0.2) is 41.9 Å². The highest BCUT2D eigenvalue weighted by Crippen LogP contribution is 2.48. The summed E-state index contributed by atoms with van der Waals surface area (Å²) in [7, 11) is 0. The van der Waals surface area contributed by atoms with Crippen molar-refractivity contribution >= 4 is 17.5 Å². The molecule has 0 unspecified atom stereocenters. The van der Waals surface area contributed by atoms with Gasteiger partial charge in [0.1, 0.15) is 5.82 Å². The van der Waals surface area contributed by atoms with Crippen LogP contribution in [0, 0.1) is 5.82 Å². The van der Waals surface area contributed by atoms with Crippen LogP contribution in [0.15, 0.2) is 18.2 Å². The van der Waals surface area contributed by atoms with Crippen LogP contribution in [0.1, 0.15) is 44.6 Å². The summed E-state index contributed by atoms with van der Waals surface area (Å²) in [5, 5.41) is 5.93. The summed E-state index contributed by atoms with van der Waals surface area (Å²) in [6, 6.07) is 5.27. The minimum Gasteiger partial charge on any atom is -0.352 e. The van der Waals surface area contributed by atoms with Crippen LogP contribution >= 0.6 is 0 Å². The predicted octanol–water partition coefficient (Wildman–Crippen LogP) is 2.17. The van der Waals surface area contributed by atoms with Crippen molar-refractivity contribution in [3.63, 3.8) is 0 Å².